The van der Waals surface area contributed by atoms with Gasteiger partial charge in [0, 0.05) is 6.26 Å². The molecule has 1 fully saturated rings. The van der Waals surface area contributed by atoms with Crippen LogP contribution in [0.4, 0.5) is 0 Å². The number of aliphatic hydroxyl groups is 1. The average Bonchev–Trinajstić information content (AvgIpc) is 2.64. The van der Waals surface area contributed by atoms with Crippen LogP contribution in [0.15, 0.2) is 0 Å². The van der Waals surface area contributed by atoms with E-state index < -0.39 is 18.2 Å². The van der Waals surface area contributed by atoms with Gasteiger partial charge in [0.2, 0.25) is 2.21 Å². The van der Waals surface area contributed by atoms with E-state index in [1.165, 1.54) is 0 Å². The molecule has 12 heavy (non-hydrogen) atoms. The van der Waals surface area contributed by atoms with E-state index in [0.717, 1.165) is 19.1 Å². The molecule has 1 aliphatic carbocycles. The van der Waals surface area contributed by atoms with Crippen LogP contribution in [0.1, 0.15) is 12.8 Å². The highest BCUT2D eigenvalue weighted by molar-refractivity contribution is 14.1. The van der Waals surface area contributed by atoms with Gasteiger partial charge in [0.25, 0.3) is 0 Å². The van der Waals surface area contributed by atoms with Gasteiger partial charge in [-0.3, -0.25) is 0 Å². The summed E-state index contributed by atoms with van der Waals surface area (Å²) >= 11 is 7.34. The molecule has 0 radical (unpaired) electrons. The molecule has 1 N–H and O–H groups in total. The zero-order valence-corrected chi connectivity index (χ0v) is 10.2. The molecule has 0 aromatic rings. The van der Waals surface area contributed by atoms with Crippen molar-refractivity contribution in [3.8, 4) is 0 Å². The Labute approximate surface area is 90.5 Å². The monoisotopic (exact) mass is 324 g/mol. The van der Waals surface area contributed by atoms with Gasteiger partial charge in [-0.2, -0.15) is 0 Å². The van der Waals surface area contributed by atoms with Gasteiger partial charge >= 0.3 is 0 Å². The minimum absolute atomic E-state index is 0.0640. The summed E-state index contributed by atoms with van der Waals surface area (Å²) in [5.74, 6) is 0.0640. The number of aliphatic hydroxyl groups excluding tert-OH is 1. The third kappa shape index (κ3) is 2.05. The maximum atomic E-state index is 11.1. The van der Waals surface area contributed by atoms with Crippen molar-refractivity contribution in [2.24, 2.45) is 5.92 Å². The zero-order chi connectivity index (χ0) is 9.57. The summed E-state index contributed by atoms with van der Waals surface area (Å²) in [7, 11) is -3.40. The average molecular weight is 325 g/mol. The molecule has 0 amide bonds. The third-order valence-electron chi connectivity index (χ3n) is 1.91. The van der Waals surface area contributed by atoms with Crippen LogP contribution in [0.25, 0.3) is 0 Å². The smallest absolute Gasteiger partial charge is 0.221 e. The second-order valence-corrected chi connectivity index (χ2v) is 9.20. The Morgan fingerprint density at radius 2 is 2.08 bits per heavy atom. The first-order chi connectivity index (χ1) is 5.27. The van der Waals surface area contributed by atoms with Crippen molar-refractivity contribution in [3.63, 3.8) is 0 Å². The molecule has 1 saturated carbocycles. The van der Waals surface area contributed by atoms with E-state index in [-0.39, 0.29) is 5.92 Å². The highest BCUT2D eigenvalue weighted by Gasteiger charge is 2.49. The molecule has 0 aromatic heterocycles. The Balaban J connectivity index is 2.83. The van der Waals surface area contributed by atoms with E-state index in [0.29, 0.717) is 0 Å². The fourth-order valence-electron chi connectivity index (χ4n) is 0.906. The molecule has 0 aliphatic heterocycles. The van der Waals surface area contributed by atoms with Gasteiger partial charge in [0.15, 0.2) is 9.84 Å². The topological polar surface area (TPSA) is 54.4 Å². The zero-order valence-electron chi connectivity index (χ0n) is 6.50. The number of rotatable bonds is 3. The van der Waals surface area contributed by atoms with Crippen LogP contribution >= 0.6 is 34.2 Å². The Kier molecular flexibility index (Phi) is 2.98. The minimum atomic E-state index is -3.40. The molecule has 1 rings (SSSR count). The summed E-state index contributed by atoms with van der Waals surface area (Å²) in [6, 6.07) is 0. The van der Waals surface area contributed by atoms with Crippen molar-refractivity contribution >= 4 is 44.0 Å². The molecule has 0 aromatic carbocycles. The molecule has 2 atom stereocenters. The lowest BCUT2D eigenvalue weighted by molar-refractivity contribution is 0.160. The van der Waals surface area contributed by atoms with Crippen molar-refractivity contribution in [2.45, 2.75) is 21.2 Å². The van der Waals surface area contributed by atoms with Gasteiger partial charge in [0.05, 0.1) is 6.10 Å². The lowest BCUT2D eigenvalue weighted by atomic mass is 10.3. The molecular weight excluding hydrogens is 314 g/mol. The van der Waals surface area contributed by atoms with Crippen LogP contribution in [0.5, 0.6) is 0 Å². The van der Waals surface area contributed by atoms with Crippen LogP contribution in [-0.2, 0) is 9.84 Å². The van der Waals surface area contributed by atoms with Crippen molar-refractivity contribution in [1.29, 1.82) is 0 Å². The summed E-state index contributed by atoms with van der Waals surface area (Å²) in [5, 5.41) is 9.53. The van der Waals surface area contributed by atoms with E-state index in [4.69, 9.17) is 11.6 Å². The number of sulfone groups is 1. The number of hydrogen-bond acceptors (Lipinski definition) is 3. The summed E-state index contributed by atoms with van der Waals surface area (Å²) in [4.78, 5) is 0. The Morgan fingerprint density at radius 1 is 1.67 bits per heavy atom. The molecule has 0 unspecified atom stereocenters. The van der Waals surface area contributed by atoms with E-state index in [2.05, 4.69) is 0 Å². The fraction of sp³-hybridized carbons (Fsp3) is 1.00. The molecular formula is C6H10ClIO3S. The van der Waals surface area contributed by atoms with Crippen LogP contribution in [0.3, 0.4) is 0 Å². The Bertz CT molecular complexity index is 271. The van der Waals surface area contributed by atoms with Gasteiger partial charge in [-0.1, -0.05) is 11.6 Å². The van der Waals surface area contributed by atoms with E-state index in [9.17, 15) is 13.5 Å². The SMILES string of the molecule is CS(=O)(=O)[C@@](Cl)(I)[C@H](O)C1CC1. The maximum Gasteiger partial charge on any atom is 0.221 e. The van der Waals surface area contributed by atoms with Gasteiger partial charge in [-0.15, -0.1) is 0 Å². The Morgan fingerprint density at radius 3 is 2.33 bits per heavy atom. The largest absolute Gasteiger partial charge is 0.389 e. The highest BCUT2D eigenvalue weighted by Crippen LogP contribution is 2.45. The number of halogens is 2. The van der Waals surface area contributed by atoms with Crippen LogP contribution < -0.4 is 0 Å². The molecule has 0 saturated heterocycles. The van der Waals surface area contributed by atoms with Crippen molar-refractivity contribution in [2.75, 3.05) is 6.26 Å². The summed E-state index contributed by atoms with van der Waals surface area (Å²) < 4.78 is 20.7. The predicted molar refractivity (Wildman–Crippen MR) is 56.2 cm³/mol. The second-order valence-electron chi connectivity index (χ2n) is 3.12. The van der Waals surface area contributed by atoms with Crippen molar-refractivity contribution in [3.05, 3.63) is 0 Å². The van der Waals surface area contributed by atoms with E-state index in [1.807, 2.05) is 0 Å². The molecule has 3 nitrogen and oxygen atoms in total. The molecule has 0 spiro atoms. The predicted octanol–water partition coefficient (Wildman–Crippen LogP) is 1.13. The molecule has 0 bridgehead atoms. The number of hydrogen-bond donors (Lipinski definition) is 1. The van der Waals surface area contributed by atoms with E-state index in [1.54, 1.807) is 22.6 Å². The normalized spacial score (nSPS) is 26.3. The van der Waals surface area contributed by atoms with E-state index >= 15 is 0 Å². The summed E-state index contributed by atoms with van der Waals surface area (Å²) in [6.07, 6.45) is 1.83. The molecule has 6 heteroatoms. The number of alkyl halides is 2. The molecule has 0 heterocycles. The molecule has 1 aliphatic rings. The van der Waals surface area contributed by atoms with Crippen LogP contribution in [-0.4, -0.2) is 28.1 Å². The van der Waals surface area contributed by atoms with Crippen molar-refractivity contribution in [1.82, 2.24) is 0 Å². The first-order valence-corrected chi connectivity index (χ1v) is 6.87. The maximum absolute atomic E-state index is 11.1. The minimum Gasteiger partial charge on any atom is -0.389 e. The first kappa shape index (κ1) is 11.0. The second kappa shape index (κ2) is 3.25. The standard InChI is InChI=1S/C6H10ClIO3S/c1-12(10,11)6(7,8)5(9)4-2-3-4/h4-5,9H,2-3H2,1H3/t5-,6+/m1/s1. The van der Waals surface area contributed by atoms with Gasteiger partial charge in [-0.05, 0) is 41.4 Å². The van der Waals surface area contributed by atoms with Crippen LogP contribution in [0, 0.1) is 5.92 Å². The van der Waals surface area contributed by atoms with Gasteiger partial charge in [0.1, 0.15) is 0 Å². The lowest BCUT2D eigenvalue weighted by Crippen LogP contribution is -2.39. The first-order valence-electron chi connectivity index (χ1n) is 3.52. The van der Waals surface area contributed by atoms with Gasteiger partial charge < -0.3 is 5.11 Å². The quantitative estimate of drug-likeness (QED) is 0.625. The summed E-state index contributed by atoms with van der Waals surface area (Å²) in [5.41, 5.74) is 0. The fourth-order valence-corrected chi connectivity index (χ4v) is 2.22. The summed E-state index contributed by atoms with van der Waals surface area (Å²) in [6.45, 7) is 0. The van der Waals surface area contributed by atoms with Crippen molar-refractivity contribution < 1.29 is 13.5 Å². The van der Waals surface area contributed by atoms with Crippen LogP contribution in [0.2, 0.25) is 0 Å². The third-order valence-corrected chi connectivity index (χ3v) is 7.24. The Hall–Kier alpha value is 0.930. The van der Waals surface area contributed by atoms with Gasteiger partial charge in [-0.25, -0.2) is 8.42 Å². The molecule has 72 valence electrons. The lowest BCUT2D eigenvalue weighted by Gasteiger charge is -2.23. The highest BCUT2D eigenvalue weighted by atomic mass is 127.